The quantitative estimate of drug-likeness (QED) is 0.921. The van der Waals surface area contributed by atoms with E-state index in [1.807, 2.05) is 36.4 Å². The maximum Gasteiger partial charge on any atom is 0.175 e. The minimum atomic E-state index is -3.13. The van der Waals surface area contributed by atoms with Gasteiger partial charge in [0.2, 0.25) is 0 Å². The molecule has 0 heterocycles. The van der Waals surface area contributed by atoms with Crippen LogP contribution >= 0.6 is 0 Å². The van der Waals surface area contributed by atoms with Gasteiger partial charge in [-0.2, -0.15) is 0 Å². The lowest BCUT2D eigenvalue weighted by atomic mass is 10.0. The smallest absolute Gasteiger partial charge is 0.175 e. The van der Waals surface area contributed by atoms with Crippen LogP contribution in [0.25, 0.3) is 11.1 Å². The van der Waals surface area contributed by atoms with Crippen LogP contribution in [0, 0.1) is 0 Å². The highest BCUT2D eigenvalue weighted by Gasteiger charge is 2.06. The van der Waals surface area contributed by atoms with Crippen molar-refractivity contribution >= 4 is 9.84 Å². The summed E-state index contributed by atoms with van der Waals surface area (Å²) in [6.07, 6.45) is 1.21. The maximum atomic E-state index is 11.4. The molecular formula is C14H15NO2S. The molecule has 2 aromatic rings. The molecule has 0 aliphatic heterocycles. The van der Waals surface area contributed by atoms with Crippen LogP contribution in [-0.4, -0.2) is 14.7 Å². The zero-order valence-electron chi connectivity index (χ0n) is 10.1. The Bertz CT molecular complexity index is 628. The van der Waals surface area contributed by atoms with E-state index in [9.17, 15) is 8.42 Å². The lowest BCUT2D eigenvalue weighted by molar-refractivity contribution is 0.602. The highest BCUT2D eigenvalue weighted by molar-refractivity contribution is 7.90. The minimum absolute atomic E-state index is 0.338. The Balaban J connectivity index is 2.34. The molecule has 0 fully saturated rings. The van der Waals surface area contributed by atoms with E-state index >= 15 is 0 Å². The molecule has 0 aliphatic rings. The van der Waals surface area contributed by atoms with Crippen LogP contribution in [0.3, 0.4) is 0 Å². The van der Waals surface area contributed by atoms with E-state index < -0.39 is 9.84 Å². The number of hydrogen-bond acceptors (Lipinski definition) is 3. The molecular weight excluding hydrogens is 246 g/mol. The summed E-state index contributed by atoms with van der Waals surface area (Å²) in [6, 6.07) is 14.8. The van der Waals surface area contributed by atoms with Gasteiger partial charge in [-0.25, -0.2) is 8.42 Å². The molecule has 0 amide bonds. The normalized spacial score (nSPS) is 11.4. The molecule has 3 nitrogen and oxygen atoms in total. The summed E-state index contributed by atoms with van der Waals surface area (Å²) in [5.41, 5.74) is 8.66. The van der Waals surface area contributed by atoms with E-state index in [4.69, 9.17) is 5.73 Å². The lowest BCUT2D eigenvalue weighted by Gasteiger charge is -2.04. The molecule has 0 radical (unpaired) electrons. The number of hydrogen-bond donors (Lipinski definition) is 1. The second-order valence-corrected chi connectivity index (χ2v) is 6.21. The first-order chi connectivity index (χ1) is 8.50. The molecule has 0 spiro atoms. The third-order valence-electron chi connectivity index (χ3n) is 2.81. The van der Waals surface area contributed by atoms with Gasteiger partial charge in [0.05, 0.1) is 4.90 Å². The van der Waals surface area contributed by atoms with Crippen molar-refractivity contribution in [3.8, 4) is 11.1 Å². The maximum absolute atomic E-state index is 11.4. The summed E-state index contributed by atoms with van der Waals surface area (Å²) >= 11 is 0. The molecule has 0 bridgehead atoms. The van der Waals surface area contributed by atoms with Crippen LogP contribution in [0.4, 0.5) is 0 Å². The summed E-state index contributed by atoms with van der Waals surface area (Å²) in [6.45, 7) is 0.521. The molecule has 94 valence electrons. The minimum Gasteiger partial charge on any atom is -0.326 e. The third kappa shape index (κ3) is 2.78. The fraction of sp³-hybridized carbons (Fsp3) is 0.143. The summed E-state index contributed by atoms with van der Waals surface area (Å²) in [7, 11) is -3.13. The van der Waals surface area contributed by atoms with E-state index in [1.165, 1.54) is 6.26 Å². The van der Waals surface area contributed by atoms with Crippen LogP contribution < -0.4 is 5.73 Å². The zero-order valence-corrected chi connectivity index (χ0v) is 10.9. The predicted molar refractivity (Wildman–Crippen MR) is 72.9 cm³/mol. The van der Waals surface area contributed by atoms with Crippen LogP contribution in [0.15, 0.2) is 53.4 Å². The van der Waals surface area contributed by atoms with E-state index in [0.29, 0.717) is 11.4 Å². The van der Waals surface area contributed by atoms with Crippen molar-refractivity contribution in [2.45, 2.75) is 11.4 Å². The standard InChI is InChI=1S/C14H15NO2S/c1-18(16,17)14-8-6-13(7-9-14)12-4-2-11(10-15)3-5-12/h2-9H,10,15H2,1H3. The Morgan fingerprint density at radius 3 is 1.72 bits per heavy atom. The van der Waals surface area contributed by atoms with E-state index in [0.717, 1.165) is 16.7 Å². The van der Waals surface area contributed by atoms with Gasteiger partial charge in [-0.05, 0) is 28.8 Å². The molecule has 0 aromatic heterocycles. The average molecular weight is 261 g/mol. The van der Waals surface area contributed by atoms with Gasteiger partial charge in [-0.15, -0.1) is 0 Å². The van der Waals surface area contributed by atoms with Gasteiger partial charge in [0.25, 0.3) is 0 Å². The Labute approximate surface area is 107 Å². The van der Waals surface area contributed by atoms with Gasteiger partial charge in [0.1, 0.15) is 0 Å². The van der Waals surface area contributed by atoms with Crippen molar-refractivity contribution in [2.24, 2.45) is 5.73 Å². The lowest BCUT2D eigenvalue weighted by Crippen LogP contribution is -1.96. The molecule has 0 atom stereocenters. The monoisotopic (exact) mass is 261 g/mol. The Morgan fingerprint density at radius 2 is 1.33 bits per heavy atom. The first-order valence-electron chi connectivity index (χ1n) is 5.60. The zero-order chi connectivity index (χ0) is 13.2. The molecule has 0 saturated heterocycles. The van der Waals surface area contributed by atoms with E-state index in [2.05, 4.69) is 0 Å². The number of sulfone groups is 1. The topological polar surface area (TPSA) is 60.2 Å². The Kier molecular flexibility index (Phi) is 3.50. The van der Waals surface area contributed by atoms with Crippen molar-refractivity contribution in [1.82, 2.24) is 0 Å². The second kappa shape index (κ2) is 4.92. The van der Waals surface area contributed by atoms with Gasteiger partial charge in [0, 0.05) is 12.8 Å². The number of rotatable bonds is 3. The van der Waals surface area contributed by atoms with Crippen molar-refractivity contribution in [1.29, 1.82) is 0 Å². The molecule has 2 N–H and O–H groups in total. The van der Waals surface area contributed by atoms with Crippen LogP contribution in [0.5, 0.6) is 0 Å². The van der Waals surface area contributed by atoms with Gasteiger partial charge in [0.15, 0.2) is 9.84 Å². The van der Waals surface area contributed by atoms with Crippen LogP contribution in [0.2, 0.25) is 0 Å². The first kappa shape index (κ1) is 12.8. The molecule has 2 aromatic carbocycles. The third-order valence-corrected chi connectivity index (χ3v) is 3.93. The summed E-state index contributed by atoms with van der Waals surface area (Å²) < 4.78 is 22.7. The average Bonchev–Trinajstić information content (AvgIpc) is 2.38. The SMILES string of the molecule is CS(=O)(=O)c1ccc(-c2ccc(CN)cc2)cc1. The number of benzene rings is 2. The molecule has 2 rings (SSSR count). The molecule has 4 heteroatoms. The van der Waals surface area contributed by atoms with Crippen molar-refractivity contribution in [3.05, 3.63) is 54.1 Å². The van der Waals surface area contributed by atoms with Gasteiger partial charge in [-0.1, -0.05) is 36.4 Å². The van der Waals surface area contributed by atoms with Crippen LogP contribution in [-0.2, 0) is 16.4 Å². The molecule has 0 saturated carbocycles. The highest BCUT2D eigenvalue weighted by atomic mass is 32.2. The van der Waals surface area contributed by atoms with Crippen molar-refractivity contribution in [2.75, 3.05) is 6.26 Å². The summed E-state index contributed by atoms with van der Waals surface area (Å²) in [5, 5.41) is 0. The largest absolute Gasteiger partial charge is 0.326 e. The Hall–Kier alpha value is -1.65. The molecule has 18 heavy (non-hydrogen) atoms. The van der Waals surface area contributed by atoms with Gasteiger partial charge in [-0.3, -0.25) is 0 Å². The van der Waals surface area contributed by atoms with Gasteiger partial charge >= 0.3 is 0 Å². The Morgan fingerprint density at radius 1 is 0.889 bits per heavy atom. The molecule has 0 unspecified atom stereocenters. The summed E-state index contributed by atoms with van der Waals surface area (Å²) in [5.74, 6) is 0. The molecule has 0 aliphatic carbocycles. The fourth-order valence-electron chi connectivity index (χ4n) is 1.73. The van der Waals surface area contributed by atoms with E-state index in [1.54, 1.807) is 12.1 Å². The van der Waals surface area contributed by atoms with E-state index in [-0.39, 0.29) is 0 Å². The van der Waals surface area contributed by atoms with Crippen molar-refractivity contribution in [3.63, 3.8) is 0 Å². The highest BCUT2D eigenvalue weighted by Crippen LogP contribution is 2.21. The second-order valence-electron chi connectivity index (χ2n) is 4.20. The van der Waals surface area contributed by atoms with Crippen molar-refractivity contribution < 1.29 is 8.42 Å². The van der Waals surface area contributed by atoms with Gasteiger partial charge < -0.3 is 5.73 Å². The fourth-order valence-corrected chi connectivity index (χ4v) is 2.36. The number of nitrogens with two attached hydrogens (primary N) is 1. The van der Waals surface area contributed by atoms with Crippen LogP contribution in [0.1, 0.15) is 5.56 Å². The predicted octanol–water partition coefficient (Wildman–Crippen LogP) is 2.22. The summed E-state index contributed by atoms with van der Waals surface area (Å²) in [4.78, 5) is 0.338. The first-order valence-corrected chi connectivity index (χ1v) is 7.49.